The number of benzene rings is 1. The number of rotatable bonds is 3. The molecule has 0 aliphatic heterocycles. The fourth-order valence-corrected chi connectivity index (χ4v) is 2.98. The lowest BCUT2D eigenvalue weighted by atomic mass is 9.75. The molecule has 1 aliphatic carbocycles. The fourth-order valence-electron chi connectivity index (χ4n) is 2.98. The van der Waals surface area contributed by atoms with Crippen LogP contribution in [0.15, 0.2) is 12.1 Å². The lowest BCUT2D eigenvalue weighted by molar-refractivity contribution is 0.0205. The average Bonchev–Trinajstić information content (AvgIpc) is 2.85. The Hall–Kier alpha value is -1.03. The summed E-state index contributed by atoms with van der Waals surface area (Å²) in [5, 5.41) is 10.3. The maximum absolute atomic E-state index is 13.7. The first-order valence-corrected chi connectivity index (χ1v) is 6.33. The van der Waals surface area contributed by atoms with E-state index in [0.29, 0.717) is 6.42 Å². The molecule has 0 aromatic heterocycles. The van der Waals surface area contributed by atoms with Gasteiger partial charge in [0.15, 0.2) is 17.5 Å². The van der Waals surface area contributed by atoms with Gasteiger partial charge in [-0.15, -0.1) is 0 Å². The molecule has 1 fully saturated rings. The summed E-state index contributed by atoms with van der Waals surface area (Å²) in [5.74, 6) is -3.99. The summed E-state index contributed by atoms with van der Waals surface area (Å²) in [5.41, 5.74) is -0.525. The van der Waals surface area contributed by atoms with Crippen molar-refractivity contribution in [2.75, 3.05) is 0 Å². The van der Waals surface area contributed by atoms with Crippen LogP contribution < -0.4 is 0 Å². The Balaban J connectivity index is 2.39. The number of hydrogen-bond donors (Lipinski definition) is 1. The van der Waals surface area contributed by atoms with Crippen LogP contribution in [-0.2, 0) is 0 Å². The van der Waals surface area contributed by atoms with Crippen LogP contribution in [-0.4, -0.2) is 5.11 Å². The minimum atomic E-state index is -1.50. The summed E-state index contributed by atoms with van der Waals surface area (Å²) < 4.78 is 39.8. The summed E-state index contributed by atoms with van der Waals surface area (Å²) in [7, 11) is 0. The van der Waals surface area contributed by atoms with Crippen LogP contribution in [0.2, 0.25) is 0 Å². The Bertz CT molecular complexity index is 439. The standard InChI is InChI=1S/C14H17F3O/c1-2-14(7-3-4-8-14)13(18)9-5-6-10(15)12(17)11(9)16/h5-6,13,18H,2-4,7-8H2,1H3. The fraction of sp³-hybridized carbons (Fsp3) is 0.571. The van der Waals surface area contributed by atoms with Crippen LogP contribution >= 0.6 is 0 Å². The number of hydrogen-bond acceptors (Lipinski definition) is 1. The van der Waals surface area contributed by atoms with Crippen LogP contribution in [0, 0.1) is 22.9 Å². The van der Waals surface area contributed by atoms with E-state index in [9.17, 15) is 18.3 Å². The van der Waals surface area contributed by atoms with Gasteiger partial charge < -0.3 is 5.11 Å². The van der Waals surface area contributed by atoms with Gasteiger partial charge in [0.2, 0.25) is 0 Å². The second-order valence-electron chi connectivity index (χ2n) is 5.09. The van der Waals surface area contributed by atoms with E-state index in [-0.39, 0.29) is 5.56 Å². The van der Waals surface area contributed by atoms with Crippen molar-refractivity contribution in [3.8, 4) is 0 Å². The van der Waals surface area contributed by atoms with Crippen LogP contribution in [0.25, 0.3) is 0 Å². The molecule has 100 valence electrons. The Morgan fingerprint density at radius 2 is 1.78 bits per heavy atom. The Morgan fingerprint density at radius 3 is 2.33 bits per heavy atom. The van der Waals surface area contributed by atoms with Crippen molar-refractivity contribution in [3.05, 3.63) is 35.1 Å². The monoisotopic (exact) mass is 258 g/mol. The molecular weight excluding hydrogens is 241 g/mol. The third kappa shape index (κ3) is 2.03. The van der Waals surface area contributed by atoms with E-state index >= 15 is 0 Å². The molecule has 0 bridgehead atoms. The zero-order chi connectivity index (χ0) is 13.3. The quantitative estimate of drug-likeness (QED) is 0.809. The van der Waals surface area contributed by atoms with Crippen molar-refractivity contribution in [1.29, 1.82) is 0 Å². The van der Waals surface area contributed by atoms with Gasteiger partial charge in [0.1, 0.15) is 0 Å². The van der Waals surface area contributed by atoms with Crippen LogP contribution in [0.4, 0.5) is 13.2 Å². The van der Waals surface area contributed by atoms with E-state index in [1.165, 1.54) is 0 Å². The summed E-state index contributed by atoms with van der Waals surface area (Å²) in [6, 6.07) is 2.02. The Kier molecular flexibility index (Phi) is 3.66. The molecule has 1 saturated carbocycles. The molecule has 18 heavy (non-hydrogen) atoms. The van der Waals surface area contributed by atoms with Crippen molar-refractivity contribution in [2.45, 2.75) is 45.1 Å². The average molecular weight is 258 g/mol. The summed E-state index contributed by atoms with van der Waals surface area (Å²) >= 11 is 0. The zero-order valence-corrected chi connectivity index (χ0v) is 10.3. The predicted octanol–water partition coefficient (Wildman–Crippen LogP) is 4.11. The second-order valence-corrected chi connectivity index (χ2v) is 5.09. The largest absolute Gasteiger partial charge is 0.388 e. The predicted molar refractivity (Wildman–Crippen MR) is 62.5 cm³/mol. The topological polar surface area (TPSA) is 20.2 Å². The molecule has 0 saturated heterocycles. The minimum absolute atomic E-state index is 0.127. The van der Waals surface area contributed by atoms with Gasteiger partial charge in [-0.3, -0.25) is 0 Å². The molecule has 1 aromatic rings. The number of halogens is 3. The first-order valence-electron chi connectivity index (χ1n) is 6.33. The van der Waals surface area contributed by atoms with Crippen LogP contribution in [0.5, 0.6) is 0 Å². The van der Waals surface area contributed by atoms with Gasteiger partial charge in [-0.05, 0) is 25.3 Å². The minimum Gasteiger partial charge on any atom is -0.388 e. The van der Waals surface area contributed by atoms with E-state index in [4.69, 9.17) is 0 Å². The van der Waals surface area contributed by atoms with Gasteiger partial charge >= 0.3 is 0 Å². The van der Waals surface area contributed by atoms with Gasteiger partial charge in [-0.25, -0.2) is 13.2 Å². The molecule has 1 N–H and O–H groups in total. The molecule has 0 heterocycles. The van der Waals surface area contributed by atoms with Gasteiger partial charge in [-0.1, -0.05) is 25.8 Å². The summed E-state index contributed by atoms with van der Waals surface area (Å²) in [6.45, 7) is 1.94. The first-order chi connectivity index (χ1) is 8.52. The highest BCUT2D eigenvalue weighted by Gasteiger charge is 2.41. The highest BCUT2D eigenvalue weighted by Crippen LogP contribution is 2.50. The van der Waals surface area contributed by atoms with E-state index in [2.05, 4.69) is 0 Å². The first kappa shape index (κ1) is 13.4. The second kappa shape index (κ2) is 4.92. The number of aliphatic hydroxyl groups is 1. The van der Waals surface area contributed by atoms with Crippen molar-refractivity contribution < 1.29 is 18.3 Å². The molecule has 1 atom stereocenters. The number of aliphatic hydroxyl groups excluding tert-OH is 1. The van der Waals surface area contributed by atoms with Crippen molar-refractivity contribution in [2.24, 2.45) is 5.41 Å². The Labute approximate surface area is 105 Å². The van der Waals surface area contributed by atoms with Crippen LogP contribution in [0.3, 0.4) is 0 Å². The van der Waals surface area contributed by atoms with Gasteiger partial charge in [-0.2, -0.15) is 0 Å². The molecule has 0 radical (unpaired) electrons. The molecule has 0 amide bonds. The summed E-state index contributed by atoms with van der Waals surface area (Å²) in [6.07, 6.45) is 3.19. The molecule has 1 unspecified atom stereocenters. The third-order valence-corrected chi connectivity index (χ3v) is 4.24. The van der Waals surface area contributed by atoms with Crippen molar-refractivity contribution >= 4 is 0 Å². The lowest BCUT2D eigenvalue weighted by Gasteiger charge is -2.33. The van der Waals surface area contributed by atoms with E-state index in [1.54, 1.807) is 0 Å². The highest BCUT2D eigenvalue weighted by molar-refractivity contribution is 5.24. The molecular formula is C14H17F3O. The molecule has 0 spiro atoms. The molecule has 1 aliphatic rings. The van der Waals surface area contributed by atoms with Crippen LogP contribution in [0.1, 0.15) is 50.7 Å². The highest BCUT2D eigenvalue weighted by atomic mass is 19.2. The van der Waals surface area contributed by atoms with Crippen molar-refractivity contribution in [1.82, 2.24) is 0 Å². The van der Waals surface area contributed by atoms with E-state index in [1.807, 2.05) is 6.92 Å². The smallest absolute Gasteiger partial charge is 0.194 e. The lowest BCUT2D eigenvalue weighted by Crippen LogP contribution is -2.26. The third-order valence-electron chi connectivity index (χ3n) is 4.24. The van der Waals surface area contributed by atoms with Gasteiger partial charge in [0.25, 0.3) is 0 Å². The van der Waals surface area contributed by atoms with Gasteiger partial charge in [0, 0.05) is 11.0 Å². The maximum Gasteiger partial charge on any atom is 0.194 e. The van der Waals surface area contributed by atoms with Gasteiger partial charge in [0.05, 0.1) is 6.10 Å². The maximum atomic E-state index is 13.7. The molecule has 1 aromatic carbocycles. The molecule has 1 nitrogen and oxygen atoms in total. The summed E-state index contributed by atoms with van der Waals surface area (Å²) in [4.78, 5) is 0. The van der Waals surface area contributed by atoms with Crippen molar-refractivity contribution in [3.63, 3.8) is 0 Å². The van der Waals surface area contributed by atoms with E-state index in [0.717, 1.165) is 37.8 Å². The van der Waals surface area contributed by atoms with E-state index < -0.39 is 29.0 Å². The Morgan fingerprint density at radius 1 is 1.17 bits per heavy atom. The molecule has 4 heteroatoms. The zero-order valence-electron chi connectivity index (χ0n) is 10.3. The normalized spacial score (nSPS) is 20.1. The SMILES string of the molecule is CCC1(C(O)c2ccc(F)c(F)c2F)CCCC1. The molecule has 2 rings (SSSR count).